The quantitative estimate of drug-likeness (QED) is 0.138. The first-order valence-electron chi connectivity index (χ1n) is 21.8. The maximum absolute atomic E-state index is 14.4. The van der Waals surface area contributed by atoms with E-state index in [1.807, 2.05) is 18.2 Å². The first-order valence-corrected chi connectivity index (χ1v) is 21.8. The smallest absolute Gasteiger partial charge is 0.375 e. The molecule has 328 valence electrons. The Morgan fingerprint density at radius 2 is 1.87 bits per heavy atom. The zero-order valence-corrected chi connectivity index (χ0v) is 35.4. The average Bonchev–Trinajstić information content (AvgIpc) is 3.93. The van der Waals surface area contributed by atoms with Gasteiger partial charge in [-0.15, -0.1) is 0 Å². The van der Waals surface area contributed by atoms with Crippen molar-refractivity contribution in [3.63, 3.8) is 0 Å². The van der Waals surface area contributed by atoms with Gasteiger partial charge in [-0.3, -0.25) is 14.6 Å². The number of aryl methyl sites for hydroxylation is 1. The van der Waals surface area contributed by atoms with Gasteiger partial charge in [0.15, 0.2) is 6.29 Å². The van der Waals surface area contributed by atoms with Gasteiger partial charge in [0, 0.05) is 62.2 Å². The summed E-state index contributed by atoms with van der Waals surface area (Å²) in [7, 11) is 1.70. The van der Waals surface area contributed by atoms with Crippen molar-refractivity contribution >= 4 is 29.7 Å². The molecule has 0 unspecified atom stereocenters. The number of aldehydes is 1. The van der Waals surface area contributed by atoms with Crippen molar-refractivity contribution in [3.05, 3.63) is 67.4 Å². The van der Waals surface area contributed by atoms with Crippen LogP contribution in [0.2, 0.25) is 0 Å². The van der Waals surface area contributed by atoms with Crippen LogP contribution in [0.3, 0.4) is 0 Å². The third kappa shape index (κ3) is 7.95. The van der Waals surface area contributed by atoms with Crippen LogP contribution in [0.1, 0.15) is 86.1 Å². The maximum atomic E-state index is 14.4. The second-order valence-corrected chi connectivity index (χ2v) is 17.4. The molecule has 14 nitrogen and oxygen atoms in total. The molecular weight excluding hydrogens is 785 g/mol. The van der Waals surface area contributed by atoms with Crippen molar-refractivity contribution in [3.8, 4) is 17.2 Å². The van der Waals surface area contributed by atoms with Crippen molar-refractivity contribution in [2.45, 2.75) is 89.4 Å². The number of esters is 1. The molecule has 0 radical (unpaired) electrons. The van der Waals surface area contributed by atoms with Crippen LogP contribution in [0.15, 0.2) is 34.0 Å². The Bertz CT molecular complexity index is 2250. The molecule has 8 rings (SSSR count). The standard InChI is InChI=1S/C47H58N2O12/c1-4-58-46(55)45-35(23-52)39-29-16-30(22-51)41(54)33(18-29)32-17-28-8-11-48-37(28)19-27(32)7-6-26(21-50)25-59-43-34-20-38(60-42(34)36(24-53)44(61-45)40(39)43)47(2,56)31-9-13-49(14-10-31)12-5-15-57-3/h8,17,19,23,26,30-31,33,38,50-51,53,56H,4-7,9-16,18,20-22,24-25H2,1-3H3/b39-29-/t26-,30+,33+,38-,47+/m0/s1. The van der Waals surface area contributed by atoms with Gasteiger partial charge in [0.05, 0.1) is 55.0 Å². The van der Waals surface area contributed by atoms with Crippen LogP contribution in [0.4, 0.5) is 0 Å². The van der Waals surface area contributed by atoms with Crippen LogP contribution in [0, 0.1) is 17.8 Å². The molecule has 0 spiro atoms. The number of ketones is 1. The van der Waals surface area contributed by atoms with Gasteiger partial charge in [-0.2, -0.15) is 0 Å². The molecule has 6 aliphatic rings. The van der Waals surface area contributed by atoms with Gasteiger partial charge in [-0.25, -0.2) is 4.79 Å². The second kappa shape index (κ2) is 18.1. The minimum atomic E-state index is -1.31. The number of hydrogen-bond acceptors (Lipinski definition) is 14. The summed E-state index contributed by atoms with van der Waals surface area (Å²) in [4.78, 5) is 48.7. The predicted molar refractivity (Wildman–Crippen MR) is 223 cm³/mol. The predicted octanol–water partition coefficient (Wildman–Crippen LogP) is 2.25. The Morgan fingerprint density at radius 1 is 1.07 bits per heavy atom. The Morgan fingerprint density at radius 3 is 2.57 bits per heavy atom. The first-order chi connectivity index (χ1) is 29.6. The number of methoxy groups -OCH3 is 1. The highest BCUT2D eigenvalue weighted by atomic mass is 16.6. The third-order valence-corrected chi connectivity index (χ3v) is 13.8. The van der Waals surface area contributed by atoms with Gasteiger partial charge in [0.1, 0.15) is 34.7 Å². The largest absolute Gasteiger partial charge is 0.492 e. The summed E-state index contributed by atoms with van der Waals surface area (Å²) < 4.78 is 30.7. The van der Waals surface area contributed by atoms with E-state index in [2.05, 4.69) is 9.89 Å². The Kier molecular flexibility index (Phi) is 12.8. The van der Waals surface area contributed by atoms with Crippen LogP contribution in [-0.4, -0.2) is 121 Å². The van der Waals surface area contributed by atoms with Crippen LogP contribution >= 0.6 is 0 Å². The van der Waals surface area contributed by atoms with Gasteiger partial charge < -0.3 is 49.0 Å². The van der Waals surface area contributed by atoms with E-state index in [-0.39, 0.29) is 90.8 Å². The van der Waals surface area contributed by atoms with E-state index in [9.17, 15) is 34.8 Å². The first kappa shape index (κ1) is 43.2. The van der Waals surface area contributed by atoms with E-state index in [0.717, 1.165) is 60.6 Å². The van der Waals surface area contributed by atoms with Crippen LogP contribution in [-0.2, 0) is 43.3 Å². The number of nitrogens with zero attached hydrogens (tertiary/aromatic N) is 2. The number of rotatable bonds is 12. The van der Waals surface area contributed by atoms with Gasteiger partial charge >= 0.3 is 5.97 Å². The molecule has 4 N–H and O–H groups in total. The summed E-state index contributed by atoms with van der Waals surface area (Å²) in [5.74, 6) is -2.84. The van der Waals surface area contributed by atoms with E-state index >= 15 is 0 Å². The number of benzene rings is 2. The lowest BCUT2D eigenvalue weighted by atomic mass is 9.70. The number of fused-ring (bicyclic) bond motifs is 7. The third-order valence-electron chi connectivity index (χ3n) is 13.8. The summed E-state index contributed by atoms with van der Waals surface area (Å²) >= 11 is 0. The molecule has 2 aromatic rings. The van der Waals surface area contributed by atoms with Gasteiger partial charge in [-0.05, 0) is 106 Å². The number of aliphatic hydroxyl groups excluding tert-OH is 3. The fourth-order valence-electron chi connectivity index (χ4n) is 10.4. The van der Waals surface area contributed by atoms with E-state index in [4.69, 9.17) is 23.7 Å². The molecule has 61 heavy (non-hydrogen) atoms. The van der Waals surface area contributed by atoms with Crippen molar-refractivity contribution < 1.29 is 58.5 Å². The summed E-state index contributed by atoms with van der Waals surface area (Å²) in [5.41, 5.74) is 2.30. The molecule has 1 aliphatic carbocycles. The lowest BCUT2D eigenvalue weighted by Crippen LogP contribution is -2.52. The Labute approximate surface area is 355 Å². The Balaban J connectivity index is 1.31. The number of aliphatic hydroxyl groups is 4. The molecule has 0 aromatic heterocycles. The molecule has 0 amide bonds. The van der Waals surface area contributed by atoms with E-state index in [1.54, 1.807) is 21.0 Å². The fourth-order valence-corrected chi connectivity index (χ4v) is 10.4. The zero-order valence-electron chi connectivity index (χ0n) is 35.4. The van der Waals surface area contributed by atoms with Crippen LogP contribution < -0.4 is 24.8 Å². The molecule has 5 atom stereocenters. The second-order valence-electron chi connectivity index (χ2n) is 17.4. The number of carbonyl (C=O) groups excluding carboxylic acids is 3. The number of piperidine rings is 1. The van der Waals surface area contributed by atoms with Crippen molar-refractivity contribution in [1.82, 2.24) is 4.90 Å². The molecule has 5 heterocycles. The summed E-state index contributed by atoms with van der Waals surface area (Å²) in [5, 5.41) is 46.9. The molecular formula is C47H58N2O12. The molecule has 1 saturated heterocycles. The number of likely N-dealkylation sites (tertiary alicyclic amines) is 1. The molecule has 14 heteroatoms. The number of ether oxygens (including phenoxy) is 5. The van der Waals surface area contributed by atoms with E-state index in [1.165, 1.54) is 0 Å². The minimum Gasteiger partial charge on any atom is -0.492 e. The minimum absolute atomic E-state index is 0.00985. The molecule has 2 fully saturated rings. The highest BCUT2D eigenvalue weighted by Gasteiger charge is 2.49. The lowest BCUT2D eigenvalue weighted by molar-refractivity contribution is -0.141. The number of allylic oxidation sites excluding steroid dienone is 3. The highest BCUT2D eigenvalue weighted by molar-refractivity contribution is 6.11. The van der Waals surface area contributed by atoms with Crippen molar-refractivity contribution in [2.24, 2.45) is 22.7 Å². The molecule has 1 saturated carbocycles. The number of hydrogen-bond donors (Lipinski definition) is 4. The van der Waals surface area contributed by atoms with Gasteiger partial charge in [-0.1, -0.05) is 11.6 Å². The summed E-state index contributed by atoms with van der Waals surface area (Å²) in [6, 6.07) is 4.02. The van der Waals surface area contributed by atoms with Crippen LogP contribution in [0.25, 0.3) is 11.6 Å². The average molecular weight is 843 g/mol. The van der Waals surface area contributed by atoms with Crippen LogP contribution in [0.5, 0.6) is 17.2 Å². The van der Waals surface area contributed by atoms with Crippen molar-refractivity contribution in [2.75, 3.05) is 66.3 Å². The SMILES string of the molecule is CCOC(=O)C1=C(C=O)/C2=C3\C[C@H](CO)C(=O)[C@H](C3)c3cc4c(cc3CC[C@@H](CO)COc3c5c(c(CO)c(c32)O1)O[C@H]([C@](C)(O)C1CCN(CCCOC)CC1)C5)=NCC=4. The normalized spacial score (nSPS) is 26.0. The summed E-state index contributed by atoms with van der Waals surface area (Å²) in [6.45, 7) is 5.98. The Hall–Kier alpha value is -4.44. The molecule has 5 aliphatic heterocycles. The van der Waals surface area contributed by atoms with E-state index < -0.39 is 42.7 Å². The molecule has 2 aromatic carbocycles. The zero-order chi connectivity index (χ0) is 43.0. The van der Waals surface area contributed by atoms with Crippen molar-refractivity contribution in [1.29, 1.82) is 0 Å². The topological polar surface area (TPSA) is 194 Å². The monoisotopic (exact) mass is 842 g/mol. The van der Waals surface area contributed by atoms with Gasteiger partial charge in [0.2, 0.25) is 5.76 Å². The fraction of sp³-hybridized carbons (Fsp3) is 0.574. The number of Topliss-reactive ketones (excluding diaryl/α,β-unsaturated/α-hetero) is 1. The lowest BCUT2D eigenvalue weighted by Gasteiger charge is -2.42. The summed E-state index contributed by atoms with van der Waals surface area (Å²) in [6.07, 6.45) is 5.67. The van der Waals surface area contributed by atoms with E-state index in [0.29, 0.717) is 54.6 Å². The highest BCUT2D eigenvalue weighted by Crippen LogP contribution is 2.57. The van der Waals surface area contributed by atoms with Gasteiger partial charge in [0.25, 0.3) is 0 Å². The maximum Gasteiger partial charge on any atom is 0.375 e. The molecule has 2 bridgehead atoms. The number of carbonyl (C=O) groups is 3.